The summed E-state index contributed by atoms with van der Waals surface area (Å²) in [6.07, 6.45) is 17.3. The van der Waals surface area contributed by atoms with E-state index in [2.05, 4.69) is 13.0 Å². The first-order chi connectivity index (χ1) is 15.2. The normalized spacial score (nSPS) is 27.1. The number of benzene rings is 2. The molecule has 0 saturated heterocycles. The van der Waals surface area contributed by atoms with Crippen LogP contribution in [0.5, 0.6) is 5.75 Å². The van der Waals surface area contributed by atoms with Crippen LogP contribution in [0.15, 0.2) is 42.5 Å². The highest BCUT2D eigenvalue weighted by atomic mass is 19.1. The third kappa shape index (κ3) is 5.33. The number of ether oxygens (including phenoxy) is 1. The zero-order valence-corrected chi connectivity index (χ0v) is 19.4. The van der Waals surface area contributed by atoms with E-state index in [1.165, 1.54) is 51.4 Å². The minimum atomic E-state index is -0.0129. The van der Waals surface area contributed by atoms with E-state index in [-0.39, 0.29) is 5.82 Å². The standard InChI is InChI=1S/C29H39FO/c1-3-5-19-31-26-16-18-28-25(20-26)15-17-27(29(28)30)24-13-11-23(12-14-24)22-9-7-21(6-4-2)8-10-22/h3,5,15-18,20-24H,4,6-14,19H2,1-2H3. The summed E-state index contributed by atoms with van der Waals surface area (Å²) >= 11 is 0. The molecule has 168 valence electrons. The fourth-order valence-electron chi connectivity index (χ4n) is 6.19. The quantitative estimate of drug-likeness (QED) is 0.405. The minimum Gasteiger partial charge on any atom is -0.490 e. The SMILES string of the molecule is CC=CCOc1ccc2c(F)c(C3CCC(C4CCC(CCC)CC4)CC3)ccc2c1. The highest BCUT2D eigenvalue weighted by Crippen LogP contribution is 2.45. The molecule has 0 bridgehead atoms. The third-order valence-electron chi connectivity index (χ3n) is 8.00. The average molecular weight is 423 g/mol. The van der Waals surface area contributed by atoms with Crippen molar-refractivity contribution in [3.8, 4) is 5.75 Å². The smallest absolute Gasteiger partial charge is 0.134 e. The van der Waals surface area contributed by atoms with E-state index in [9.17, 15) is 0 Å². The number of hydrogen-bond donors (Lipinski definition) is 0. The minimum absolute atomic E-state index is 0.0129. The second-order valence-corrected chi connectivity index (χ2v) is 9.91. The Morgan fingerprint density at radius 2 is 1.65 bits per heavy atom. The van der Waals surface area contributed by atoms with Crippen molar-refractivity contribution < 1.29 is 9.13 Å². The van der Waals surface area contributed by atoms with E-state index in [0.717, 1.165) is 52.7 Å². The first-order valence-corrected chi connectivity index (χ1v) is 12.7. The van der Waals surface area contributed by atoms with Gasteiger partial charge in [-0.3, -0.25) is 0 Å². The Labute approximate surface area is 188 Å². The summed E-state index contributed by atoms with van der Waals surface area (Å²) < 4.78 is 21.1. The zero-order valence-electron chi connectivity index (χ0n) is 19.4. The molecule has 2 heteroatoms. The fourth-order valence-corrected chi connectivity index (χ4v) is 6.19. The summed E-state index contributed by atoms with van der Waals surface area (Å²) in [4.78, 5) is 0. The molecule has 4 rings (SSSR count). The lowest BCUT2D eigenvalue weighted by atomic mass is 9.68. The van der Waals surface area contributed by atoms with Gasteiger partial charge in [-0.05, 0) is 98.3 Å². The Balaban J connectivity index is 1.37. The van der Waals surface area contributed by atoms with Gasteiger partial charge in [0.15, 0.2) is 0 Å². The predicted molar refractivity (Wildman–Crippen MR) is 129 cm³/mol. The van der Waals surface area contributed by atoms with Crippen molar-refractivity contribution >= 4 is 10.8 Å². The molecular weight excluding hydrogens is 383 g/mol. The third-order valence-corrected chi connectivity index (χ3v) is 8.00. The van der Waals surface area contributed by atoms with Gasteiger partial charge < -0.3 is 4.74 Å². The number of rotatable bonds is 7. The van der Waals surface area contributed by atoms with Gasteiger partial charge in [-0.2, -0.15) is 0 Å². The van der Waals surface area contributed by atoms with Gasteiger partial charge in [0.05, 0.1) is 0 Å². The predicted octanol–water partition coefficient (Wildman–Crippen LogP) is 8.81. The van der Waals surface area contributed by atoms with Crippen LogP contribution in [-0.4, -0.2) is 6.61 Å². The van der Waals surface area contributed by atoms with Gasteiger partial charge in [-0.1, -0.05) is 56.9 Å². The molecule has 0 atom stereocenters. The Hall–Kier alpha value is -1.83. The largest absolute Gasteiger partial charge is 0.490 e. The summed E-state index contributed by atoms with van der Waals surface area (Å²) in [6.45, 7) is 4.84. The number of halogens is 1. The van der Waals surface area contributed by atoms with Crippen LogP contribution < -0.4 is 4.74 Å². The van der Waals surface area contributed by atoms with Gasteiger partial charge in [0.1, 0.15) is 18.2 Å². The van der Waals surface area contributed by atoms with E-state index < -0.39 is 0 Å². The molecule has 0 aromatic heterocycles. The fraction of sp³-hybridized carbons (Fsp3) is 0.586. The first kappa shape index (κ1) is 22.4. The molecule has 2 saturated carbocycles. The van der Waals surface area contributed by atoms with Crippen LogP contribution in [0.25, 0.3) is 10.8 Å². The lowest BCUT2D eigenvalue weighted by molar-refractivity contribution is 0.156. The molecule has 0 amide bonds. The second-order valence-electron chi connectivity index (χ2n) is 9.91. The highest BCUT2D eigenvalue weighted by Gasteiger charge is 2.32. The maximum absolute atomic E-state index is 15.4. The molecule has 0 aliphatic heterocycles. The Morgan fingerprint density at radius 1 is 0.935 bits per heavy atom. The van der Waals surface area contributed by atoms with Crippen LogP contribution in [0.1, 0.15) is 89.5 Å². The molecule has 2 fully saturated rings. The molecule has 1 nitrogen and oxygen atoms in total. The van der Waals surface area contributed by atoms with Crippen LogP contribution in [0.3, 0.4) is 0 Å². The number of hydrogen-bond acceptors (Lipinski definition) is 1. The van der Waals surface area contributed by atoms with E-state index in [0.29, 0.717) is 12.5 Å². The van der Waals surface area contributed by atoms with Crippen LogP contribution in [0, 0.1) is 23.6 Å². The Bertz CT molecular complexity index is 870. The molecule has 0 unspecified atom stereocenters. The lowest BCUT2D eigenvalue weighted by Gasteiger charge is -2.38. The van der Waals surface area contributed by atoms with Crippen LogP contribution in [-0.2, 0) is 0 Å². The van der Waals surface area contributed by atoms with Gasteiger partial charge in [0.25, 0.3) is 0 Å². The average Bonchev–Trinajstić information content (AvgIpc) is 2.80. The van der Waals surface area contributed by atoms with Crippen molar-refractivity contribution in [3.63, 3.8) is 0 Å². The Morgan fingerprint density at radius 3 is 2.32 bits per heavy atom. The van der Waals surface area contributed by atoms with Crippen molar-refractivity contribution in [2.45, 2.75) is 84.0 Å². The first-order valence-electron chi connectivity index (χ1n) is 12.7. The van der Waals surface area contributed by atoms with Crippen LogP contribution in [0.4, 0.5) is 4.39 Å². The summed E-state index contributed by atoms with van der Waals surface area (Å²) in [5.41, 5.74) is 0.931. The molecule has 0 spiro atoms. The number of allylic oxidation sites excluding steroid dienone is 1. The summed E-state index contributed by atoms with van der Waals surface area (Å²) in [7, 11) is 0. The summed E-state index contributed by atoms with van der Waals surface area (Å²) in [5, 5.41) is 1.66. The van der Waals surface area contributed by atoms with Gasteiger partial charge >= 0.3 is 0 Å². The van der Waals surface area contributed by atoms with Gasteiger partial charge in [-0.25, -0.2) is 4.39 Å². The second kappa shape index (κ2) is 10.7. The lowest BCUT2D eigenvalue weighted by Crippen LogP contribution is -2.25. The molecule has 0 heterocycles. The maximum Gasteiger partial charge on any atom is 0.134 e. The molecule has 2 aliphatic carbocycles. The highest BCUT2D eigenvalue weighted by molar-refractivity contribution is 5.85. The van der Waals surface area contributed by atoms with Crippen molar-refractivity contribution in [2.75, 3.05) is 6.61 Å². The molecule has 0 N–H and O–H groups in total. The van der Waals surface area contributed by atoms with Crippen LogP contribution in [0.2, 0.25) is 0 Å². The van der Waals surface area contributed by atoms with Gasteiger partial charge in [-0.15, -0.1) is 0 Å². The summed E-state index contributed by atoms with van der Waals surface area (Å²) in [6, 6.07) is 9.85. The topological polar surface area (TPSA) is 9.23 Å². The van der Waals surface area contributed by atoms with Gasteiger partial charge in [0, 0.05) is 5.39 Å². The Kier molecular flexibility index (Phi) is 7.69. The van der Waals surface area contributed by atoms with E-state index >= 15 is 4.39 Å². The molecule has 2 aromatic carbocycles. The molecule has 31 heavy (non-hydrogen) atoms. The van der Waals surface area contributed by atoms with E-state index in [1.807, 2.05) is 43.3 Å². The van der Waals surface area contributed by atoms with Crippen molar-refractivity contribution in [2.24, 2.45) is 17.8 Å². The van der Waals surface area contributed by atoms with Gasteiger partial charge in [0.2, 0.25) is 0 Å². The van der Waals surface area contributed by atoms with E-state index in [4.69, 9.17) is 4.74 Å². The van der Waals surface area contributed by atoms with Crippen LogP contribution >= 0.6 is 0 Å². The van der Waals surface area contributed by atoms with Crippen molar-refractivity contribution in [3.05, 3.63) is 53.9 Å². The maximum atomic E-state index is 15.4. The van der Waals surface area contributed by atoms with Crippen molar-refractivity contribution in [1.82, 2.24) is 0 Å². The number of fused-ring (bicyclic) bond motifs is 1. The van der Waals surface area contributed by atoms with Crippen molar-refractivity contribution in [1.29, 1.82) is 0 Å². The monoisotopic (exact) mass is 422 g/mol. The molecular formula is C29H39FO. The molecule has 2 aromatic rings. The zero-order chi connectivity index (χ0) is 21.6. The molecule has 0 radical (unpaired) electrons. The van der Waals surface area contributed by atoms with E-state index in [1.54, 1.807) is 0 Å². The molecule has 2 aliphatic rings. The summed E-state index contributed by atoms with van der Waals surface area (Å²) in [5.74, 6) is 3.95.